The Hall–Kier alpha value is -0.610. The first kappa shape index (κ1) is 16.4. The second-order valence-electron chi connectivity index (χ2n) is 6.83. The number of rotatable bonds is 8. The average molecular weight is 270 g/mol. The highest BCUT2D eigenvalue weighted by atomic mass is 16.5. The van der Waals surface area contributed by atoms with Crippen LogP contribution in [0.25, 0.3) is 0 Å². The zero-order valence-corrected chi connectivity index (χ0v) is 13.2. The van der Waals surface area contributed by atoms with Gasteiger partial charge in [-0.1, -0.05) is 20.8 Å². The van der Waals surface area contributed by atoms with E-state index in [-0.39, 0.29) is 17.4 Å². The van der Waals surface area contributed by atoms with E-state index in [2.05, 4.69) is 38.0 Å². The molecular formula is C15H30N2O2. The van der Waals surface area contributed by atoms with E-state index < -0.39 is 0 Å². The normalized spacial score (nSPS) is 17.6. The van der Waals surface area contributed by atoms with Crippen molar-refractivity contribution in [2.75, 3.05) is 26.7 Å². The van der Waals surface area contributed by atoms with Crippen LogP contribution in [0.15, 0.2) is 0 Å². The van der Waals surface area contributed by atoms with Crippen molar-refractivity contribution in [2.45, 2.75) is 59.0 Å². The van der Waals surface area contributed by atoms with Gasteiger partial charge in [0.15, 0.2) is 0 Å². The van der Waals surface area contributed by atoms with Crippen LogP contribution in [0, 0.1) is 5.41 Å². The molecule has 19 heavy (non-hydrogen) atoms. The molecule has 1 N–H and O–H groups in total. The van der Waals surface area contributed by atoms with E-state index in [0.29, 0.717) is 12.6 Å². The minimum Gasteiger partial charge on any atom is -0.465 e. The summed E-state index contributed by atoms with van der Waals surface area (Å²) in [6.45, 7) is 11.0. The number of esters is 1. The van der Waals surface area contributed by atoms with E-state index in [1.165, 1.54) is 12.8 Å². The Morgan fingerprint density at radius 1 is 1.42 bits per heavy atom. The van der Waals surface area contributed by atoms with Crippen LogP contribution in [-0.4, -0.2) is 49.7 Å². The molecule has 0 aliphatic heterocycles. The summed E-state index contributed by atoms with van der Waals surface area (Å²) in [7, 11) is 2.12. The van der Waals surface area contributed by atoms with Crippen LogP contribution in [0.1, 0.15) is 47.0 Å². The molecule has 0 saturated heterocycles. The van der Waals surface area contributed by atoms with Crippen LogP contribution in [0.4, 0.5) is 0 Å². The molecule has 0 bridgehead atoms. The first-order valence-electron chi connectivity index (χ1n) is 7.43. The van der Waals surface area contributed by atoms with Crippen LogP contribution in [0.5, 0.6) is 0 Å². The van der Waals surface area contributed by atoms with Gasteiger partial charge in [0, 0.05) is 12.6 Å². The molecular weight excluding hydrogens is 240 g/mol. The minimum absolute atomic E-state index is 0.0986. The van der Waals surface area contributed by atoms with Crippen molar-refractivity contribution in [3.8, 4) is 0 Å². The molecule has 0 heterocycles. The van der Waals surface area contributed by atoms with Gasteiger partial charge in [-0.3, -0.25) is 4.79 Å². The molecule has 0 amide bonds. The third-order valence-electron chi connectivity index (χ3n) is 3.13. The summed E-state index contributed by atoms with van der Waals surface area (Å²) in [4.78, 5) is 14.2. The number of nitrogens with zero attached hydrogens (tertiary/aromatic N) is 1. The number of ether oxygens (including phenoxy) is 1. The van der Waals surface area contributed by atoms with Gasteiger partial charge in [-0.2, -0.15) is 0 Å². The molecule has 4 heteroatoms. The van der Waals surface area contributed by atoms with E-state index in [1.54, 1.807) is 0 Å². The monoisotopic (exact) mass is 270 g/mol. The number of hydrogen-bond donors (Lipinski definition) is 1. The highest BCUT2D eigenvalue weighted by Gasteiger charge is 2.29. The molecule has 1 aliphatic carbocycles. The van der Waals surface area contributed by atoms with Crippen molar-refractivity contribution in [1.29, 1.82) is 0 Å². The predicted molar refractivity (Wildman–Crippen MR) is 78.1 cm³/mol. The van der Waals surface area contributed by atoms with Gasteiger partial charge in [0.25, 0.3) is 0 Å². The molecule has 0 spiro atoms. The summed E-state index contributed by atoms with van der Waals surface area (Å²) >= 11 is 0. The molecule has 4 nitrogen and oxygen atoms in total. The highest BCUT2D eigenvalue weighted by molar-refractivity contribution is 5.75. The molecule has 0 aromatic heterocycles. The molecule has 1 aliphatic rings. The molecule has 0 radical (unpaired) electrons. The van der Waals surface area contributed by atoms with E-state index in [1.807, 2.05) is 6.92 Å². The number of nitrogens with one attached hydrogen (secondary N) is 1. The van der Waals surface area contributed by atoms with Crippen molar-refractivity contribution < 1.29 is 9.53 Å². The van der Waals surface area contributed by atoms with Gasteiger partial charge >= 0.3 is 5.97 Å². The number of carbonyl (C=O) groups is 1. The van der Waals surface area contributed by atoms with Gasteiger partial charge in [0.2, 0.25) is 0 Å². The van der Waals surface area contributed by atoms with E-state index in [0.717, 1.165) is 19.5 Å². The summed E-state index contributed by atoms with van der Waals surface area (Å²) in [5.41, 5.74) is 0.290. The smallest absolute Gasteiger partial charge is 0.323 e. The Bertz CT molecular complexity index is 282. The Labute approximate surface area is 117 Å². The van der Waals surface area contributed by atoms with Gasteiger partial charge < -0.3 is 15.0 Å². The topological polar surface area (TPSA) is 41.6 Å². The molecule has 1 atom stereocenters. The molecule has 112 valence electrons. The maximum Gasteiger partial charge on any atom is 0.323 e. The van der Waals surface area contributed by atoms with Gasteiger partial charge in [-0.05, 0) is 45.2 Å². The van der Waals surface area contributed by atoms with E-state index in [4.69, 9.17) is 4.74 Å². The molecule has 0 aromatic carbocycles. The van der Waals surface area contributed by atoms with E-state index in [9.17, 15) is 4.79 Å². The summed E-state index contributed by atoms with van der Waals surface area (Å²) in [6, 6.07) is 0.386. The van der Waals surface area contributed by atoms with Crippen LogP contribution < -0.4 is 5.32 Å². The second kappa shape index (κ2) is 7.25. The molecule has 1 fully saturated rings. The summed E-state index contributed by atoms with van der Waals surface area (Å²) in [5.74, 6) is -0.0986. The lowest BCUT2D eigenvalue weighted by atomic mass is 9.96. The van der Waals surface area contributed by atoms with Crippen LogP contribution in [0.2, 0.25) is 0 Å². The van der Waals surface area contributed by atoms with Crippen LogP contribution >= 0.6 is 0 Å². The molecule has 0 aromatic rings. The number of hydrogen-bond acceptors (Lipinski definition) is 4. The average Bonchev–Trinajstić information content (AvgIpc) is 3.05. The third kappa shape index (κ3) is 7.53. The van der Waals surface area contributed by atoms with Crippen molar-refractivity contribution in [2.24, 2.45) is 5.41 Å². The van der Waals surface area contributed by atoms with Crippen molar-refractivity contribution in [3.05, 3.63) is 0 Å². The van der Waals surface area contributed by atoms with Crippen LogP contribution in [-0.2, 0) is 9.53 Å². The quantitative estimate of drug-likeness (QED) is 0.685. The van der Waals surface area contributed by atoms with Gasteiger partial charge in [0.05, 0.1) is 6.61 Å². The largest absolute Gasteiger partial charge is 0.465 e. The second-order valence-corrected chi connectivity index (χ2v) is 6.83. The van der Waals surface area contributed by atoms with Gasteiger partial charge in [-0.25, -0.2) is 0 Å². The van der Waals surface area contributed by atoms with Gasteiger partial charge in [0.1, 0.15) is 6.04 Å². The highest BCUT2D eigenvalue weighted by Crippen LogP contribution is 2.20. The fourth-order valence-corrected chi connectivity index (χ4v) is 2.28. The lowest BCUT2D eigenvalue weighted by Gasteiger charge is -2.27. The van der Waals surface area contributed by atoms with Crippen molar-refractivity contribution in [1.82, 2.24) is 10.2 Å². The zero-order chi connectivity index (χ0) is 14.5. The zero-order valence-electron chi connectivity index (χ0n) is 13.2. The Morgan fingerprint density at radius 3 is 2.53 bits per heavy atom. The Balaban J connectivity index is 2.36. The summed E-state index contributed by atoms with van der Waals surface area (Å²) in [5, 5.41) is 3.39. The number of carbonyl (C=O) groups excluding carboxylic acids is 1. The van der Waals surface area contributed by atoms with Crippen molar-refractivity contribution in [3.63, 3.8) is 0 Å². The fraction of sp³-hybridized carbons (Fsp3) is 0.933. The lowest BCUT2D eigenvalue weighted by molar-refractivity contribution is -0.146. The van der Waals surface area contributed by atoms with Gasteiger partial charge in [-0.15, -0.1) is 0 Å². The lowest BCUT2D eigenvalue weighted by Crippen LogP contribution is -2.42. The van der Waals surface area contributed by atoms with Crippen LogP contribution in [0.3, 0.4) is 0 Å². The van der Waals surface area contributed by atoms with Crippen molar-refractivity contribution >= 4 is 5.97 Å². The third-order valence-corrected chi connectivity index (χ3v) is 3.13. The predicted octanol–water partition coefficient (Wildman–Crippen LogP) is 2.04. The Kier molecular flexibility index (Phi) is 6.27. The fourth-order valence-electron chi connectivity index (χ4n) is 2.28. The standard InChI is InChI=1S/C15H30N2O2/c1-6-19-14(18)13(16-12-7-8-12)9-10-17(5)11-15(2,3)4/h12-13,16H,6-11H2,1-5H3. The Morgan fingerprint density at radius 2 is 2.05 bits per heavy atom. The molecule has 1 unspecified atom stereocenters. The van der Waals surface area contributed by atoms with E-state index >= 15 is 0 Å². The minimum atomic E-state index is -0.144. The summed E-state index contributed by atoms with van der Waals surface area (Å²) in [6.07, 6.45) is 3.20. The summed E-state index contributed by atoms with van der Waals surface area (Å²) < 4.78 is 5.15. The first-order chi connectivity index (χ1) is 8.81. The molecule has 1 saturated carbocycles. The maximum atomic E-state index is 11.9. The molecule has 1 rings (SSSR count). The SMILES string of the molecule is CCOC(=O)C(CCN(C)CC(C)(C)C)NC1CC1. The maximum absolute atomic E-state index is 11.9. The first-order valence-corrected chi connectivity index (χ1v) is 7.43.